The molecule has 44 valence electrons. The number of hydrogen-bond acceptors (Lipinski definition) is 2. The van der Waals surface area contributed by atoms with Gasteiger partial charge >= 0.3 is 0 Å². The molecule has 0 saturated carbocycles. The van der Waals surface area contributed by atoms with Gasteiger partial charge in [-0.1, -0.05) is 6.92 Å². The molecule has 1 unspecified atom stereocenters. The molecule has 1 aliphatic heterocycles. The summed E-state index contributed by atoms with van der Waals surface area (Å²) >= 11 is 0. The summed E-state index contributed by atoms with van der Waals surface area (Å²) in [6.45, 7) is 2.11. The van der Waals surface area contributed by atoms with Gasteiger partial charge in [-0.25, -0.2) is 0 Å². The number of rotatable bonds is 1. The molecule has 0 aromatic carbocycles. The highest BCUT2D eigenvalue weighted by atomic mass is 32.2. The Morgan fingerprint density at radius 1 is 1.62 bits per heavy atom. The topological polar surface area (TPSA) is 24.7 Å². The molecule has 0 aromatic rings. The van der Waals surface area contributed by atoms with Crippen molar-refractivity contribution >= 4 is 16.9 Å². The predicted octanol–water partition coefficient (Wildman–Crippen LogP) is 1.32. The molecule has 1 aliphatic rings. The summed E-state index contributed by atoms with van der Waals surface area (Å²) in [6, 6.07) is 0. The van der Waals surface area contributed by atoms with E-state index >= 15 is 0 Å². The van der Waals surface area contributed by atoms with Crippen molar-refractivity contribution in [1.82, 2.24) is 0 Å². The third kappa shape index (κ3) is 1.26. The van der Waals surface area contributed by atoms with Crippen LogP contribution in [0.2, 0.25) is 0 Å². The van der Waals surface area contributed by atoms with Gasteiger partial charge in [-0.3, -0.25) is 0 Å². The van der Waals surface area contributed by atoms with Crippen molar-refractivity contribution in [2.45, 2.75) is 6.92 Å². The van der Waals surface area contributed by atoms with Crippen LogP contribution in [0.3, 0.4) is 0 Å². The zero-order chi connectivity index (χ0) is 5.82. The Labute approximate surface area is 51.4 Å². The zero-order valence-electron chi connectivity index (χ0n) is 4.74. The average molecular weight is 128 g/mol. The minimum atomic E-state index is 0.0949. The lowest BCUT2D eigenvalue weighted by molar-refractivity contribution is 1.28. The highest BCUT2D eigenvalue weighted by molar-refractivity contribution is 7.90. The van der Waals surface area contributed by atoms with Crippen LogP contribution in [0.4, 0.5) is 0 Å². The summed E-state index contributed by atoms with van der Waals surface area (Å²) in [5.74, 6) is 1.08. The summed E-state index contributed by atoms with van der Waals surface area (Å²) in [4.78, 5) is 0. The highest BCUT2D eigenvalue weighted by Gasteiger charge is 1.86. The second kappa shape index (κ2) is 2.77. The van der Waals surface area contributed by atoms with Gasteiger partial charge in [-0.05, 0) is 22.2 Å². The monoisotopic (exact) mass is 128 g/mol. The summed E-state index contributed by atoms with van der Waals surface area (Å²) < 4.78 is 3.96. The second-order valence-corrected chi connectivity index (χ2v) is 3.18. The maximum Gasteiger partial charge on any atom is 0.0507 e. The Bertz CT molecular complexity index is 158. The van der Waals surface area contributed by atoms with Crippen LogP contribution in [0.1, 0.15) is 6.92 Å². The predicted molar refractivity (Wildman–Crippen MR) is 38.0 cm³/mol. The summed E-state index contributed by atoms with van der Waals surface area (Å²) in [7, 11) is 0.0949. The largest absolute Gasteiger partial charge is 0.152 e. The third-order valence-electron chi connectivity index (χ3n) is 0.836. The van der Waals surface area contributed by atoms with Gasteiger partial charge in [0.05, 0.1) is 6.21 Å². The Kier molecular flexibility index (Phi) is 1.97. The van der Waals surface area contributed by atoms with Gasteiger partial charge in [0.1, 0.15) is 0 Å². The van der Waals surface area contributed by atoms with Gasteiger partial charge in [0.2, 0.25) is 0 Å². The van der Waals surface area contributed by atoms with E-state index in [1.54, 1.807) is 6.21 Å². The first kappa shape index (κ1) is 5.69. The molecular weight excluding hydrogens is 120 g/mol. The standard InChI is InChI=1S/C5H8N2S/c1-2-8-5-3-4-6-7-8/h3-5H,2H2,1H3. The smallest absolute Gasteiger partial charge is 0.0507 e. The molecule has 0 saturated heterocycles. The molecule has 0 bridgehead atoms. The Balaban J connectivity index is 2.68. The van der Waals surface area contributed by atoms with E-state index in [1.807, 2.05) is 6.08 Å². The summed E-state index contributed by atoms with van der Waals surface area (Å²) in [6.07, 6.45) is 3.65. The van der Waals surface area contributed by atoms with E-state index in [0.717, 1.165) is 5.75 Å². The number of allylic oxidation sites excluding steroid dienone is 1. The highest BCUT2D eigenvalue weighted by Crippen LogP contribution is 1.94. The first-order chi connectivity index (χ1) is 3.93. The van der Waals surface area contributed by atoms with Crippen LogP contribution in [0.5, 0.6) is 0 Å². The molecule has 0 spiro atoms. The fraction of sp³-hybridized carbons (Fsp3) is 0.400. The van der Waals surface area contributed by atoms with Crippen molar-refractivity contribution < 1.29 is 0 Å². The summed E-state index contributed by atoms with van der Waals surface area (Å²) in [5, 5.41) is 5.83. The zero-order valence-corrected chi connectivity index (χ0v) is 5.56. The van der Waals surface area contributed by atoms with Crippen molar-refractivity contribution in [3.8, 4) is 0 Å². The van der Waals surface area contributed by atoms with Crippen molar-refractivity contribution in [3.63, 3.8) is 0 Å². The minimum absolute atomic E-state index is 0.0949. The van der Waals surface area contributed by atoms with E-state index in [4.69, 9.17) is 0 Å². The lowest BCUT2D eigenvalue weighted by Gasteiger charge is -1.94. The summed E-state index contributed by atoms with van der Waals surface area (Å²) in [5.41, 5.74) is 0. The Hall–Kier alpha value is -0.440. The van der Waals surface area contributed by atoms with Gasteiger partial charge in [-0.15, -0.1) is 4.47 Å². The average Bonchev–Trinajstić information content (AvgIpc) is 1.90. The van der Waals surface area contributed by atoms with Crippen molar-refractivity contribution in [2.24, 2.45) is 9.57 Å². The third-order valence-corrected chi connectivity index (χ3v) is 2.20. The van der Waals surface area contributed by atoms with Gasteiger partial charge in [0, 0.05) is 5.75 Å². The van der Waals surface area contributed by atoms with Crippen LogP contribution in [0, 0.1) is 0 Å². The van der Waals surface area contributed by atoms with Crippen LogP contribution < -0.4 is 0 Å². The van der Waals surface area contributed by atoms with Crippen LogP contribution in [0.15, 0.2) is 21.1 Å². The normalized spacial score (nSPS) is 25.4. The molecule has 0 aliphatic carbocycles. The SMILES string of the molecule is CCS1=NN=CC=C1. The molecule has 8 heavy (non-hydrogen) atoms. The van der Waals surface area contributed by atoms with Crippen LogP contribution >= 0.6 is 0 Å². The van der Waals surface area contributed by atoms with E-state index in [-0.39, 0.29) is 10.7 Å². The lowest BCUT2D eigenvalue weighted by atomic mass is 10.7. The Morgan fingerprint density at radius 3 is 2.88 bits per heavy atom. The van der Waals surface area contributed by atoms with Crippen LogP contribution in [-0.2, 0) is 10.7 Å². The minimum Gasteiger partial charge on any atom is -0.152 e. The van der Waals surface area contributed by atoms with Crippen LogP contribution in [0.25, 0.3) is 0 Å². The molecule has 0 aromatic heterocycles. The van der Waals surface area contributed by atoms with Gasteiger partial charge in [0.25, 0.3) is 0 Å². The second-order valence-electron chi connectivity index (χ2n) is 1.36. The number of nitrogens with zero attached hydrogens (tertiary/aromatic N) is 2. The van der Waals surface area contributed by atoms with Gasteiger partial charge in [-0.2, -0.15) is 5.10 Å². The molecule has 3 heteroatoms. The van der Waals surface area contributed by atoms with Crippen molar-refractivity contribution in [1.29, 1.82) is 0 Å². The van der Waals surface area contributed by atoms with E-state index in [9.17, 15) is 0 Å². The molecule has 0 N–H and O–H groups in total. The first-order valence-corrected chi connectivity index (χ1v) is 3.95. The van der Waals surface area contributed by atoms with E-state index in [0.29, 0.717) is 0 Å². The van der Waals surface area contributed by atoms with Crippen molar-refractivity contribution in [3.05, 3.63) is 11.5 Å². The maximum absolute atomic E-state index is 3.96. The molecule has 0 radical (unpaired) electrons. The molecule has 1 atom stereocenters. The maximum atomic E-state index is 3.96. The molecule has 1 rings (SSSR count). The molecule has 0 fully saturated rings. The molecular formula is C5H8N2S. The fourth-order valence-electron chi connectivity index (χ4n) is 0.433. The van der Waals surface area contributed by atoms with E-state index in [2.05, 4.69) is 21.9 Å². The quantitative estimate of drug-likeness (QED) is 0.509. The fourth-order valence-corrected chi connectivity index (χ4v) is 1.22. The number of hydrogen-bond donors (Lipinski definition) is 0. The molecule has 0 amide bonds. The van der Waals surface area contributed by atoms with Gasteiger partial charge < -0.3 is 0 Å². The van der Waals surface area contributed by atoms with E-state index < -0.39 is 0 Å². The lowest BCUT2D eigenvalue weighted by Crippen LogP contribution is -1.88. The van der Waals surface area contributed by atoms with E-state index in [1.165, 1.54) is 0 Å². The molecule has 2 nitrogen and oxygen atoms in total. The molecule has 1 heterocycles. The first-order valence-electron chi connectivity index (χ1n) is 2.54. The Morgan fingerprint density at radius 2 is 2.50 bits per heavy atom. The van der Waals surface area contributed by atoms with Crippen LogP contribution in [-0.4, -0.2) is 12.0 Å². The van der Waals surface area contributed by atoms with Gasteiger partial charge in [0.15, 0.2) is 0 Å². The van der Waals surface area contributed by atoms with Crippen molar-refractivity contribution in [2.75, 3.05) is 5.75 Å².